The molecule has 1 fully saturated rings. The monoisotopic (exact) mass is 546 g/mol. The van der Waals surface area contributed by atoms with Gasteiger partial charge in [-0.2, -0.15) is 0 Å². The molecule has 10 heteroatoms. The van der Waals surface area contributed by atoms with Gasteiger partial charge in [-0.1, -0.05) is 44.2 Å². The zero-order valence-corrected chi connectivity index (χ0v) is 21.4. The van der Waals surface area contributed by atoms with E-state index in [1.165, 1.54) is 0 Å². The van der Waals surface area contributed by atoms with Crippen LogP contribution >= 0.6 is 28.1 Å². The molecular formula is C24H27BrN4O4S. The first-order chi connectivity index (χ1) is 16.2. The average Bonchev–Trinajstić information content (AvgIpc) is 3.17. The second kappa shape index (κ2) is 11.9. The normalized spacial score (nSPS) is 15.2. The van der Waals surface area contributed by atoms with E-state index in [1.54, 1.807) is 23.1 Å². The number of nitrogens with one attached hydrogen (secondary N) is 3. The molecule has 0 saturated carbocycles. The number of ether oxygens (including phenoxy) is 1. The molecule has 0 aliphatic carbocycles. The first kappa shape index (κ1) is 25.6. The van der Waals surface area contributed by atoms with Crippen molar-refractivity contribution in [2.45, 2.75) is 26.8 Å². The second-order valence-corrected chi connectivity index (χ2v) is 9.67. The first-order valence-electron chi connectivity index (χ1n) is 10.9. The molecule has 34 heavy (non-hydrogen) atoms. The number of hydrazine groups is 1. The Hall–Kier alpha value is -2.98. The maximum atomic E-state index is 12.5. The second-order valence-electron chi connectivity index (χ2n) is 8.41. The zero-order chi connectivity index (χ0) is 24.7. The van der Waals surface area contributed by atoms with Gasteiger partial charge in [-0.15, -0.1) is 0 Å². The van der Waals surface area contributed by atoms with Crippen molar-refractivity contribution in [2.75, 3.05) is 13.2 Å². The number of likely N-dealkylation sites (tertiary alicyclic amines) is 1. The average molecular weight is 547 g/mol. The van der Waals surface area contributed by atoms with Gasteiger partial charge in [-0.25, -0.2) is 0 Å². The van der Waals surface area contributed by atoms with E-state index >= 15 is 0 Å². The third kappa shape index (κ3) is 7.26. The summed E-state index contributed by atoms with van der Waals surface area (Å²) in [4.78, 5) is 38.9. The highest BCUT2D eigenvalue weighted by molar-refractivity contribution is 9.10. The Labute approximate surface area is 212 Å². The zero-order valence-electron chi connectivity index (χ0n) is 19.0. The molecule has 3 N–H and O–H groups in total. The summed E-state index contributed by atoms with van der Waals surface area (Å²) in [5.74, 6) is -0.362. The van der Waals surface area contributed by atoms with E-state index in [9.17, 15) is 14.4 Å². The van der Waals surface area contributed by atoms with Crippen LogP contribution in [0.2, 0.25) is 0 Å². The predicted molar refractivity (Wildman–Crippen MR) is 136 cm³/mol. The highest BCUT2D eigenvalue weighted by Crippen LogP contribution is 2.26. The van der Waals surface area contributed by atoms with E-state index < -0.39 is 11.8 Å². The Morgan fingerprint density at radius 3 is 2.59 bits per heavy atom. The summed E-state index contributed by atoms with van der Waals surface area (Å²) in [7, 11) is 0. The molecule has 1 atom stereocenters. The largest absolute Gasteiger partial charge is 0.492 e. The van der Waals surface area contributed by atoms with E-state index in [0.717, 1.165) is 5.56 Å². The van der Waals surface area contributed by atoms with Crippen LogP contribution in [0.3, 0.4) is 0 Å². The minimum Gasteiger partial charge on any atom is -0.492 e. The van der Waals surface area contributed by atoms with Crippen molar-refractivity contribution >= 4 is 51.0 Å². The molecule has 3 rings (SSSR count). The first-order valence-corrected chi connectivity index (χ1v) is 12.1. The molecule has 1 aliphatic rings. The molecule has 0 spiro atoms. The van der Waals surface area contributed by atoms with E-state index in [1.807, 2.05) is 44.2 Å². The Balaban J connectivity index is 1.45. The number of rotatable bonds is 7. The molecule has 1 heterocycles. The molecular weight excluding hydrogens is 520 g/mol. The van der Waals surface area contributed by atoms with Crippen molar-refractivity contribution in [2.24, 2.45) is 11.8 Å². The van der Waals surface area contributed by atoms with Crippen molar-refractivity contribution in [1.29, 1.82) is 0 Å². The quantitative estimate of drug-likeness (QED) is 0.364. The van der Waals surface area contributed by atoms with Crippen LogP contribution in [0.1, 0.15) is 36.2 Å². The molecule has 180 valence electrons. The lowest BCUT2D eigenvalue weighted by atomic mass is 10.1. The molecule has 0 radical (unpaired) electrons. The van der Waals surface area contributed by atoms with Gasteiger partial charge in [-0.3, -0.25) is 30.6 Å². The van der Waals surface area contributed by atoms with Gasteiger partial charge < -0.3 is 9.64 Å². The molecule has 1 aliphatic heterocycles. The Morgan fingerprint density at radius 1 is 1.18 bits per heavy atom. The maximum absolute atomic E-state index is 12.5. The van der Waals surface area contributed by atoms with Crippen LogP contribution in [-0.2, 0) is 16.1 Å². The molecule has 0 aromatic heterocycles. The van der Waals surface area contributed by atoms with Crippen LogP contribution in [-0.4, -0.2) is 40.9 Å². The third-order valence-electron chi connectivity index (χ3n) is 5.09. The topological polar surface area (TPSA) is 99.8 Å². The molecule has 2 aromatic rings. The standard InChI is InChI=1S/C24H27BrN4O4S/c1-15(2)14-33-20-9-8-17(10-19(20)25)22(31)26-24(34)28-27-23(32)18-11-21(30)29(13-18)12-16-6-4-3-5-7-16/h3-10,15,18H,11-14H2,1-2H3,(H,27,32)(H2,26,28,31,34). The number of halogens is 1. The minimum absolute atomic E-state index is 0.0555. The maximum Gasteiger partial charge on any atom is 0.257 e. The summed E-state index contributed by atoms with van der Waals surface area (Å²) < 4.78 is 6.34. The number of carbonyl (C=O) groups is 3. The fourth-order valence-electron chi connectivity index (χ4n) is 3.35. The van der Waals surface area contributed by atoms with Gasteiger partial charge in [0.15, 0.2) is 5.11 Å². The van der Waals surface area contributed by atoms with Crippen molar-refractivity contribution in [3.8, 4) is 5.75 Å². The van der Waals surface area contributed by atoms with Crippen molar-refractivity contribution in [3.63, 3.8) is 0 Å². The van der Waals surface area contributed by atoms with Crippen molar-refractivity contribution in [1.82, 2.24) is 21.1 Å². The Bertz CT molecular complexity index is 1060. The molecule has 8 nitrogen and oxygen atoms in total. The lowest BCUT2D eigenvalue weighted by Crippen LogP contribution is -2.50. The SMILES string of the molecule is CC(C)COc1ccc(C(=O)NC(=S)NNC(=O)C2CC(=O)N(Cc3ccccc3)C2)cc1Br. The van der Waals surface area contributed by atoms with Gasteiger partial charge in [0.2, 0.25) is 11.8 Å². The van der Waals surface area contributed by atoms with Gasteiger partial charge in [0, 0.05) is 25.1 Å². The highest BCUT2D eigenvalue weighted by atomic mass is 79.9. The molecule has 1 unspecified atom stereocenters. The van der Waals surface area contributed by atoms with Crippen LogP contribution in [0.25, 0.3) is 0 Å². The van der Waals surface area contributed by atoms with E-state index in [4.69, 9.17) is 17.0 Å². The fraction of sp³-hybridized carbons (Fsp3) is 0.333. The van der Waals surface area contributed by atoms with Gasteiger partial charge in [-0.05, 0) is 57.8 Å². The molecule has 2 aromatic carbocycles. The lowest BCUT2D eigenvalue weighted by molar-refractivity contribution is -0.129. The number of hydrogen-bond donors (Lipinski definition) is 3. The summed E-state index contributed by atoms with van der Waals surface area (Å²) in [6.45, 7) is 5.44. The van der Waals surface area contributed by atoms with Gasteiger partial charge in [0.1, 0.15) is 5.75 Å². The van der Waals surface area contributed by atoms with Gasteiger partial charge in [0.25, 0.3) is 5.91 Å². The third-order valence-corrected chi connectivity index (χ3v) is 5.92. The van der Waals surface area contributed by atoms with Gasteiger partial charge >= 0.3 is 0 Å². The Kier molecular flexibility index (Phi) is 9.00. The summed E-state index contributed by atoms with van der Waals surface area (Å²) in [5, 5.41) is 2.46. The van der Waals surface area contributed by atoms with Crippen LogP contribution in [0.4, 0.5) is 0 Å². The molecule has 3 amide bonds. The number of hydrogen-bond acceptors (Lipinski definition) is 5. The van der Waals surface area contributed by atoms with Crippen LogP contribution in [0.5, 0.6) is 5.75 Å². The van der Waals surface area contributed by atoms with Crippen LogP contribution in [0.15, 0.2) is 53.0 Å². The summed E-state index contributed by atoms with van der Waals surface area (Å²) in [5.41, 5.74) is 6.39. The molecule has 1 saturated heterocycles. The Morgan fingerprint density at radius 2 is 1.91 bits per heavy atom. The predicted octanol–water partition coefficient (Wildman–Crippen LogP) is 3.17. The van der Waals surface area contributed by atoms with Crippen molar-refractivity contribution < 1.29 is 19.1 Å². The smallest absolute Gasteiger partial charge is 0.257 e. The number of carbonyl (C=O) groups excluding carboxylic acids is 3. The number of thiocarbonyl (C=S) groups is 1. The summed E-state index contributed by atoms with van der Waals surface area (Å²) in [6, 6.07) is 14.6. The summed E-state index contributed by atoms with van der Waals surface area (Å²) in [6.07, 6.45) is 0.124. The number of nitrogens with zero attached hydrogens (tertiary/aromatic N) is 1. The minimum atomic E-state index is -0.503. The van der Waals surface area contributed by atoms with Crippen molar-refractivity contribution in [3.05, 3.63) is 64.1 Å². The lowest BCUT2D eigenvalue weighted by Gasteiger charge is -2.17. The fourth-order valence-corrected chi connectivity index (χ4v) is 3.98. The summed E-state index contributed by atoms with van der Waals surface area (Å²) >= 11 is 8.52. The molecule has 0 bridgehead atoms. The number of amides is 3. The highest BCUT2D eigenvalue weighted by Gasteiger charge is 2.34. The van der Waals surface area contributed by atoms with Gasteiger partial charge in [0.05, 0.1) is 17.0 Å². The van der Waals surface area contributed by atoms with E-state index in [2.05, 4.69) is 32.1 Å². The van der Waals surface area contributed by atoms with Crippen LogP contribution < -0.4 is 20.9 Å². The van der Waals surface area contributed by atoms with E-state index in [0.29, 0.717) is 41.4 Å². The number of benzene rings is 2. The van der Waals surface area contributed by atoms with E-state index in [-0.39, 0.29) is 23.3 Å². The van der Waals surface area contributed by atoms with Crippen LogP contribution in [0, 0.1) is 11.8 Å².